The first-order valence-corrected chi connectivity index (χ1v) is 11.8. The van der Waals surface area contributed by atoms with Crippen molar-refractivity contribution in [2.45, 2.75) is 50.7 Å². The van der Waals surface area contributed by atoms with Crippen molar-refractivity contribution >= 4 is 17.2 Å². The van der Waals surface area contributed by atoms with E-state index in [0.717, 1.165) is 44.6 Å². The van der Waals surface area contributed by atoms with E-state index in [4.69, 9.17) is 4.74 Å². The molecule has 2 aromatic rings. The Hall–Kier alpha value is -2.09. The fraction of sp³-hybridized carbons (Fsp3) is 0.600. The maximum absolute atomic E-state index is 14.6. The average Bonchev–Trinajstić information content (AvgIpc) is 2.83. The zero-order valence-electron chi connectivity index (χ0n) is 18.9. The van der Waals surface area contributed by atoms with E-state index in [1.807, 2.05) is 0 Å². The fourth-order valence-electron chi connectivity index (χ4n) is 5.28. The van der Waals surface area contributed by atoms with Crippen LogP contribution in [0.5, 0.6) is 5.75 Å². The third kappa shape index (κ3) is 5.27. The quantitative estimate of drug-likeness (QED) is 0.630. The second-order valence-corrected chi connectivity index (χ2v) is 9.21. The number of hydrogen-bond acceptors (Lipinski definition) is 6. The molecular formula is C25H34FN3O3. The number of rotatable bonds is 8. The van der Waals surface area contributed by atoms with Crippen molar-refractivity contribution in [1.29, 1.82) is 0 Å². The molecule has 0 radical (unpaired) electrons. The number of aromatic nitrogens is 1. The highest BCUT2D eigenvalue weighted by Gasteiger charge is 2.29. The summed E-state index contributed by atoms with van der Waals surface area (Å²) in [6, 6.07) is 5.06. The molecule has 2 atom stereocenters. The lowest BCUT2D eigenvalue weighted by Crippen LogP contribution is -2.55. The van der Waals surface area contributed by atoms with E-state index in [1.165, 1.54) is 32.1 Å². The number of fused-ring (bicyclic) bond motifs is 1. The molecule has 2 heterocycles. The summed E-state index contributed by atoms with van der Waals surface area (Å²) >= 11 is 0. The number of aliphatic hydroxyl groups is 1. The van der Waals surface area contributed by atoms with Gasteiger partial charge in [0.15, 0.2) is 0 Å². The van der Waals surface area contributed by atoms with Gasteiger partial charge in [-0.2, -0.15) is 0 Å². The third-order valence-electron chi connectivity index (χ3n) is 7.11. The van der Waals surface area contributed by atoms with E-state index >= 15 is 0 Å². The lowest BCUT2D eigenvalue weighted by atomic mass is 9.88. The van der Waals surface area contributed by atoms with Gasteiger partial charge in [0.1, 0.15) is 17.9 Å². The van der Waals surface area contributed by atoms with Crippen LogP contribution in [0, 0.1) is 11.7 Å². The predicted octanol–water partition coefficient (Wildman–Crippen LogP) is 3.57. The van der Waals surface area contributed by atoms with Crippen LogP contribution < -0.4 is 4.74 Å². The van der Waals surface area contributed by atoms with Crippen LogP contribution in [-0.4, -0.2) is 72.1 Å². The molecule has 2 unspecified atom stereocenters. The Morgan fingerprint density at radius 2 is 2.09 bits per heavy atom. The Kier molecular flexibility index (Phi) is 7.71. The molecule has 0 bridgehead atoms. The second kappa shape index (κ2) is 10.7. The van der Waals surface area contributed by atoms with Crippen molar-refractivity contribution in [1.82, 2.24) is 14.8 Å². The minimum atomic E-state index is -0.986. The minimum absolute atomic E-state index is 0.182. The van der Waals surface area contributed by atoms with Gasteiger partial charge in [-0.05, 0) is 43.4 Å². The lowest BCUT2D eigenvalue weighted by Gasteiger charge is -2.41. The smallest absolute Gasteiger partial charge is 0.147 e. The molecule has 174 valence electrons. The maximum Gasteiger partial charge on any atom is 0.147 e. The van der Waals surface area contributed by atoms with E-state index < -0.39 is 11.9 Å². The summed E-state index contributed by atoms with van der Waals surface area (Å²) in [5.41, 5.74) is 0.857. The molecule has 4 rings (SSSR count). The number of benzene rings is 1. The second-order valence-electron chi connectivity index (χ2n) is 9.21. The molecule has 2 fully saturated rings. The SMILES string of the molecule is COc1ccc2ncc(F)c(C(O)CCN3CCN(CC4CCCCC4)CC3C=O)c2c1. The largest absolute Gasteiger partial charge is 0.497 e. The van der Waals surface area contributed by atoms with Crippen molar-refractivity contribution in [2.24, 2.45) is 5.92 Å². The number of aliphatic hydroxyl groups excluding tert-OH is 1. The molecule has 1 saturated carbocycles. The van der Waals surface area contributed by atoms with Gasteiger partial charge in [0.2, 0.25) is 0 Å². The number of carbonyl (C=O) groups excluding carboxylic acids is 1. The van der Waals surface area contributed by atoms with Crippen LogP contribution in [0.25, 0.3) is 10.9 Å². The van der Waals surface area contributed by atoms with Crippen molar-refractivity contribution in [3.8, 4) is 5.75 Å². The summed E-state index contributed by atoms with van der Waals surface area (Å²) in [4.78, 5) is 20.5. The fourth-order valence-corrected chi connectivity index (χ4v) is 5.28. The highest BCUT2D eigenvalue weighted by molar-refractivity contribution is 5.84. The topological polar surface area (TPSA) is 65.9 Å². The molecule has 6 nitrogen and oxygen atoms in total. The number of halogens is 1. The first kappa shape index (κ1) is 23.1. The number of ether oxygens (including phenoxy) is 1. The van der Waals surface area contributed by atoms with Gasteiger partial charge in [0.05, 0.1) is 31.0 Å². The summed E-state index contributed by atoms with van der Waals surface area (Å²) < 4.78 is 19.9. The molecule has 0 spiro atoms. The Morgan fingerprint density at radius 3 is 2.84 bits per heavy atom. The van der Waals surface area contributed by atoms with Gasteiger partial charge in [-0.15, -0.1) is 0 Å². The molecule has 2 aliphatic rings. The predicted molar refractivity (Wildman–Crippen MR) is 122 cm³/mol. The average molecular weight is 444 g/mol. The van der Waals surface area contributed by atoms with Crippen LogP contribution in [0.3, 0.4) is 0 Å². The van der Waals surface area contributed by atoms with Crippen molar-refractivity contribution in [2.75, 3.05) is 39.8 Å². The molecule has 1 aliphatic carbocycles. The van der Waals surface area contributed by atoms with E-state index in [-0.39, 0.29) is 11.6 Å². The van der Waals surface area contributed by atoms with E-state index in [1.54, 1.807) is 25.3 Å². The molecule has 1 aromatic heterocycles. The normalized spacial score (nSPS) is 22.2. The van der Waals surface area contributed by atoms with Gasteiger partial charge in [-0.1, -0.05) is 19.3 Å². The summed E-state index contributed by atoms with van der Waals surface area (Å²) in [6.45, 7) is 4.07. The maximum atomic E-state index is 14.6. The highest BCUT2D eigenvalue weighted by atomic mass is 19.1. The zero-order chi connectivity index (χ0) is 22.5. The highest BCUT2D eigenvalue weighted by Crippen LogP contribution is 2.31. The van der Waals surface area contributed by atoms with Gasteiger partial charge in [-0.25, -0.2) is 4.39 Å². The number of carbonyl (C=O) groups is 1. The summed E-state index contributed by atoms with van der Waals surface area (Å²) in [5, 5.41) is 11.4. The summed E-state index contributed by atoms with van der Waals surface area (Å²) in [6.07, 6.45) is 8.14. The number of methoxy groups -OCH3 is 1. The molecule has 7 heteroatoms. The van der Waals surface area contributed by atoms with Crippen LogP contribution in [-0.2, 0) is 4.79 Å². The molecule has 1 aromatic carbocycles. The Morgan fingerprint density at radius 1 is 1.28 bits per heavy atom. The Labute approximate surface area is 189 Å². The third-order valence-corrected chi connectivity index (χ3v) is 7.11. The number of piperazine rings is 1. The van der Waals surface area contributed by atoms with E-state index in [0.29, 0.717) is 29.6 Å². The van der Waals surface area contributed by atoms with Gasteiger partial charge in [0, 0.05) is 43.7 Å². The molecule has 32 heavy (non-hydrogen) atoms. The lowest BCUT2D eigenvalue weighted by molar-refractivity contribution is -0.115. The number of pyridine rings is 1. The van der Waals surface area contributed by atoms with Gasteiger partial charge in [-0.3, -0.25) is 14.8 Å². The van der Waals surface area contributed by atoms with Crippen LogP contribution in [0.2, 0.25) is 0 Å². The van der Waals surface area contributed by atoms with Crippen LogP contribution in [0.15, 0.2) is 24.4 Å². The molecule has 0 amide bonds. The Balaban J connectivity index is 1.39. The first-order chi connectivity index (χ1) is 15.6. The minimum Gasteiger partial charge on any atom is -0.497 e. The van der Waals surface area contributed by atoms with Gasteiger partial charge >= 0.3 is 0 Å². The van der Waals surface area contributed by atoms with E-state index in [9.17, 15) is 14.3 Å². The number of aldehydes is 1. The van der Waals surface area contributed by atoms with Gasteiger partial charge in [0.25, 0.3) is 0 Å². The standard InChI is InChI=1S/C25H34FN3O3/c1-32-20-7-8-23-21(13-20)25(22(26)14-27-23)24(31)9-10-29-12-11-28(16-19(29)17-30)15-18-5-3-2-4-6-18/h7-8,13-14,17-19,24,31H,2-6,9-12,15-16H2,1H3. The van der Waals surface area contributed by atoms with Crippen LogP contribution in [0.4, 0.5) is 4.39 Å². The molecule has 1 N–H and O–H groups in total. The van der Waals surface area contributed by atoms with Crippen molar-refractivity contribution in [3.05, 3.63) is 35.8 Å². The first-order valence-electron chi connectivity index (χ1n) is 11.8. The van der Waals surface area contributed by atoms with Gasteiger partial charge < -0.3 is 14.6 Å². The zero-order valence-corrected chi connectivity index (χ0v) is 18.9. The van der Waals surface area contributed by atoms with E-state index in [2.05, 4.69) is 14.8 Å². The van der Waals surface area contributed by atoms with Crippen LogP contribution in [0.1, 0.15) is 50.2 Å². The Bertz CT molecular complexity index is 919. The van der Waals surface area contributed by atoms with Crippen molar-refractivity contribution < 1.29 is 19.0 Å². The summed E-state index contributed by atoms with van der Waals surface area (Å²) in [7, 11) is 1.55. The van der Waals surface area contributed by atoms with Crippen LogP contribution >= 0.6 is 0 Å². The monoisotopic (exact) mass is 443 g/mol. The summed E-state index contributed by atoms with van der Waals surface area (Å²) in [5.74, 6) is 0.820. The number of hydrogen-bond donors (Lipinski definition) is 1. The molecular weight excluding hydrogens is 409 g/mol. The molecule has 1 saturated heterocycles. The van der Waals surface area contributed by atoms with Crippen molar-refractivity contribution in [3.63, 3.8) is 0 Å². The number of nitrogens with zero attached hydrogens (tertiary/aromatic N) is 3. The molecule has 1 aliphatic heterocycles.